The van der Waals surface area contributed by atoms with Gasteiger partial charge in [0.05, 0.1) is 31.3 Å². The van der Waals surface area contributed by atoms with E-state index in [1.54, 1.807) is 13.8 Å². The maximum absolute atomic E-state index is 11.5. The van der Waals surface area contributed by atoms with Crippen molar-refractivity contribution in [3.63, 3.8) is 0 Å². The Morgan fingerprint density at radius 1 is 1.48 bits per heavy atom. The highest BCUT2D eigenvalue weighted by Crippen LogP contribution is 2.24. The Hall–Kier alpha value is -2.49. The Labute approximate surface area is 119 Å². The second-order valence-corrected chi connectivity index (χ2v) is 4.24. The Bertz CT molecular complexity index is 564. The summed E-state index contributed by atoms with van der Waals surface area (Å²) in [6.07, 6.45) is -0.0936. The van der Waals surface area contributed by atoms with Gasteiger partial charge in [0.2, 0.25) is 11.4 Å². The molecule has 0 amide bonds. The van der Waals surface area contributed by atoms with Crippen LogP contribution in [0.3, 0.4) is 0 Å². The quantitative estimate of drug-likeness (QED) is 0.442. The van der Waals surface area contributed by atoms with Gasteiger partial charge in [-0.25, -0.2) is 14.3 Å². The van der Waals surface area contributed by atoms with Gasteiger partial charge in [-0.1, -0.05) is 0 Å². The summed E-state index contributed by atoms with van der Waals surface area (Å²) < 4.78 is 10.5. The topological polar surface area (TPSA) is 134 Å². The molecule has 0 bridgehead atoms. The molecule has 0 aliphatic heterocycles. The van der Waals surface area contributed by atoms with Crippen molar-refractivity contribution in [2.24, 2.45) is 0 Å². The van der Waals surface area contributed by atoms with E-state index in [2.05, 4.69) is 9.84 Å². The highest BCUT2D eigenvalue weighted by Gasteiger charge is 2.36. The number of carboxylic acid groups (broad SMARTS) is 1. The summed E-state index contributed by atoms with van der Waals surface area (Å²) >= 11 is 0. The Morgan fingerprint density at radius 3 is 2.52 bits per heavy atom. The third-order valence-electron chi connectivity index (χ3n) is 2.45. The summed E-state index contributed by atoms with van der Waals surface area (Å²) in [7, 11) is 1.02. The van der Waals surface area contributed by atoms with Crippen molar-refractivity contribution in [1.29, 1.82) is 0 Å². The zero-order valence-corrected chi connectivity index (χ0v) is 11.7. The molecular formula is C11H15N3O7. The van der Waals surface area contributed by atoms with Crippen LogP contribution in [0.5, 0.6) is 0 Å². The molecule has 21 heavy (non-hydrogen) atoms. The van der Waals surface area contributed by atoms with Crippen molar-refractivity contribution in [2.45, 2.75) is 26.5 Å². The summed E-state index contributed by atoms with van der Waals surface area (Å²) in [5.74, 6) is -2.64. The summed E-state index contributed by atoms with van der Waals surface area (Å²) in [5.41, 5.74) is -2.23. The third kappa shape index (κ3) is 3.75. The Morgan fingerprint density at radius 2 is 2.10 bits per heavy atom. The predicted molar refractivity (Wildman–Crippen MR) is 68.3 cm³/mol. The molecule has 0 aliphatic rings. The number of carboxylic acids is 1. The van der Waals surface area contributed by atoms with E-state index in [0.29, 0.717) is 0 Å². The first-order chi connectivity index (χ1) is 9.79. The van der Waals surface area contributed by atoms with Gasteiger partial charge in [0.1, 0.15) is 0 Å². The molecule has 1 aromatic heterocycles. The number of rotatable bonds is 7. The van der Waals surface area contributed by atoms with Gasteiger partial charge in [-0.3, -0.25) is 10.1 Å². The number of carbonyl (C=O) groups excluding carboxylic acids is 1. The standard InChI is InChI=1S/C11H15N3O7/c1-6(2)21-5-4-13-9(10(15)16)8(14(18)19)7(12-13)11(17)20-3/h6H,4-5H2,1-3H3,(H,15,16). The normalized spacial score (nSPS) is 10.7. The van der Waals surface area contributed by atoms with Crippen LogP contribution < -0.4 is 0 Å². The van der Waals surface area contributed by atoms with Crippen molar-refractivity contribution in [1.82, 2.24) is 9.78 Å². The molecule has 1 rings (SSSR count). The van der Waals surface area contributed by atoms with E-state index >= 15 is 0 Å². The van der Waals surface area contributed by atoms with Gasteiger partial charge in [-0.2, -0.15) is 5.10 Å². The van der Waals surface area contributed by atoms with Crippen LogP contribution in [0.25, 0.3) is 0 Å². The zero-order chi connectivity index (χ0) is 16.2. The lowest BCUT2D eigenvalue weighted by Gasteiger charge is -2.07. The molecule has 1 N–H and O–H groups in total. The Kier molecular flexibility index (Phi) is 5.36. The molecule has 0 unspecified atom stereocenters. The zero-order valence-electron chi connectivity index (χ0n) is 11.7. The van der Waals surface area contributed by atoms with E-state index in [1.807, 2.05) is 0 Å². The number of methoxy groups -OCH3 is 1. The van der Waals surface area contributed by atoms with Crippen molar-refractivity contribution in [3.05, 3.63) is 21.5 Å². The SMILES string of the molecule is COC(=O)c1nn(CCOC(C)C)c(C(=O)O)c1[N+](=O)[O-]. The molecule has 0 saturated heterocycles. The lowest BCUT2D eigenvalue weighted by Crippen LogP contribution is -2.16. The number of aromatic nitrogens is 2. The summed E-state index contributed by atoms with van der Waals surface area (Å²) in [6.45, 7) is 3.61. The van der Waals surface area contributed by atoms with E-state index in [9.17, 15) is 19.7 Å². The second kappa shape index (κ2) is 6.79. The second-order valence-electron chi connectivity index (χ2n) is 4.24. The van der Waals surface area contributed by atoms with E-state index in [4.69, 9.17) is 9.84 Å². The Balaban J connectivity index is 3.26. The van der Waals surface area contributed by atoms with Crippen LogP contribution in [0.4, 0.5) is 5.69 Å². The van der Waals surface area contributed by atoms with Gasteiger partial charge in [0, 0.05) is 0 Å². The average Bonchev–Trinajstić information content (AvgIpc) is 2.77. The van der Waals surface area contributed by atoms with Crippen molar-refractivity contribution in [3.8, 4) is 0 Å². The minimum atomic E-state index is -1.56. The van der Waals surface area contributed by atoms with Gasteiger partial charge in [-0.05, 0) is 13.8 Å². The molecular weight excluding hydrogens is 286 g/mol. The number of nitrogens with zero attached hydrogens (tertiary/aromatic N) is 3. The average molecular weight is 301 g/mol. The molecule has 0 spiro atoms. The molecule has 0 fully saturated rings. The largest absolute Gasteiger partial charge is 0.476 e. The van der Waals surface area contributed by atoms with E-state index in [1.165, 1.54) is 0 Å². The minimum absolute atomic E-state index is 0.0440. The smallest absolute Gasteiger partial charge is 0.365 e. The number of esters is 1. The molecule has 10 heteroatoms. The molecule has 0 saturated carbocycles. The molecule has 0 radical (unpaired) electrons. The highest BCUT2D eigenvalue weighted by molar-refractivity contribution is 5.99. The van der Waals surface area contributed by atoms with Gasteiger partial charge >= 0.3 is 17.6 Å². The first-order valence-electron chi connectivity index (χ1n) is 5.98. The molecule has 0 aromatic carbocycles. The van der Waals surface area contributed by atoms with Gasteiger partial charge in [0.15, 0.2) is 0 Å². The molecule has 1 aromatic rings. The number of hydrogen-bond acceptors (Lipinski definition) is 7. The van der Waals surface area contributed by atoms with E-state index in [-0.39, 0.29) is 19.3 Å². The number of carbonyl (C=O) groups is 2. The van der Waals surface area contributed by atoms with Gasteiger partial charge < -0.3 is 14.6 Å². The number of ether oxygens (including phenoxy) is 2. The number of hydrogen-bond donors (Lipinski definition) is 1. The first kappa shape index (κ1) is 16.6. The molecule has 0 atom stereocenters. The summed E-state index contributed by atoms with van der Waals surface area (Å²) in [5, 5.41) is 23.8. The number of aromatic carboxylic acids is 1. The van der Waals surface area contributed by atoms with Crippen LogP contribution in [-0.4, -0.2) is 51.6 Å². The fraction of sp³-hybridized carbons (Fsp3) is 0.545. The van der Waals surface area contributed by atoms with E-state index < -0.39 is 33.9 Å². The molecule has 1 heterocycles. The first-order valence-corrected chi connectivity index (χ1v) is 5.98. The maximum atomic E-state index is 11.5. The van der Waals surface area contributed by atoms with Crippen molar-refractivity contribution in [2.75, 3.05) is 13.7 Å². The van der Waals surface area contributed by atoms with Crippen LogP contribution in [-0.2, 0) is 16.0 Å². The molecule has 0 aliphatic carbocycles. The lowest BCUT2D eigenvalue weighted by molar-refractivity contribution is -0.385. The van der Waals surface area contributed by atoms with Crippen molar-refractivity contribution >= 4 is 17.6 Å². The summed E-state index contributed by atoms with van der Waals surface area (Å²) in [6, 6.07) is 0. The summed E-state index contributed by atoms with van der Waals surface area (Å²) in [4.78, 5) is 32.7. The van der Waals surface area contributed by atoms with E-state index in [0.717, 1.165) is 11.8 Å². The fourth-order valence-electron chi connectivity index (χ4n) is 1.61. The number of nitro groups is 1. The monoisotopic (exact) mass is 301 g/mol. The third-order valence-corrected chi connectivity index (χ3v) is 2.45. The lowest BCUT2D eigenvalue weighted by atomic mass is 10.3. The van der Waals surface area contributed by atoms with Crippen LogP contribution in [0.1, 0.15) is 34.8 Å². The highest BCUT2D eigenvalue weighted by atomic mass is 16.6. The van der Waals surface area contributed by atoms with Crippen LogP contribution in [0, 0.1) is 10.1 Å². The predicted octanol–water partition coefficient (Wildman–Crippen LogP) is 0.701. The molecule has 116 valence electrons. The fourth-order valence-corrected chi connectivity index (χ4v) is 1.61. The van der Waals surface area contributed by atoms with Crippen LogP contribution in [0.2, 0.25) is 0 Å². The molecule has 10 nitrogen and oxygen atoms in total. The van der Waals surface area contributed by atoms with Crippen molar-refractivity contribution < 1.29 is 29.1 Å². The minimum Gasteiger partial charge on any atom is -0.476 e. The van der Waals surface area contributed by atoms with Crippen LogP contribution >= 0.6 is 0 Å². The maximum Gasteiger partial charge on any atom is 0.365 e. The van der Waals surface area contributed by atoms with Crippen LogP contribution in [0.15, 0.2) is 0 Å². The van der Waals surface area contributed by atoms with Gasteiger partial charge in [0.25, 0.3) is 0 Å². The van der Waals surface area contributed by atoms with Gasteiger partial charge in [-0.15, -0.1) is 0 Å².